The van der Waals surface area contributed by atoms with Gasteiger partial charge in [-0.2, -0.15) is 12.6 Å². The van der Waals surface area contributed by atoms with Crippen molar-refractivity contribution in [2.75, 3.05) is 19.4 Å². The molecule has 0 aliphatic rings. The number of thiol groups is 1. The molecule has 0 aromatic carbocycles. The van der Waals surface area contributed by atoms with Gasteiger partial charge in [0.25, 0.3) is 0 Å². The number of amides is 2. The summed E-state index contributed by atoms with van der Waals surface area (Å²) in [5.74, 6) is -2.98. The van der Waals surface area contributed by atoms with Crippen molar-refractivity contribution in [1.29, 1.82) is 0 Å². The predicted molar refractivity (Wildman–Crippen MR) is 75.7 cm³/mol. The third kappa shape index (κ3) is 8.15. The molecule has 2 amide bonds. The standard InChI is InChI=1S/C11H19N3O6S/c1-20-11(19)6(12)2-3-8(15)14-7(5-21)10(18)13-4-9(16)17/h6-7,21H,2-5,12H2,1H3,(H,13,18)(H,14,15)(H,16,17). The molecule has 0 aliphatic heterocycles. The number of carbonyl (C=O) groups excluding carboxylic acids is 3. The maximum atomic E-state index is 11.6. The van der Waals surface area contributed by atoms with Crippen LogP contribution in [0, 0.1) is 0 Å². The van der Waals surface area contributed by atoms with E-state index in [2.05, 4.69) is 28.0 Å². The van der Waals surface area contributed by atoms with Gasteiger partial charge in [-0.05, 0) is 6.42 Å². The molecule has 0 radical (unpaired) electrons. The Balaban J connectivity index is 4.23. The van der Waals surface area contributed by atoms with E-state index in [1.807, 2.05) is 0 Å². The largest absolute Gasteiger partial charge is 0.480 e. The Bertz CT molecular complexity index is 403. The van der Waals surface area contributed by atoms with Gasteiger partial charge in [-0.15, -0.1) is 0 Å². The third-order valence-corrected chi connectivity index (χ3v) is 2.80. The molecule has 5 N–H and O–H groups in total. The van der Waals surface area contributed by atoms with Gasteiger partial charge in [0.1, 0.15) is 18.6 Å². The number of carbonyl (C=O) groups is 4. The average Bonchev–Trinajstić information content (AvgIpc) is 2.46. The van der Waals surface area contributed by atoms with Crippen LogP contribution in [0.1, 0.15) is 12.8 Å². The Morgan fingerprint density at radius 2 is 1.95 bits per heavy atom. The van der Waals surface area contributed by atoms with E-state index in [0.717, 1.165) is 0 Å². The van der Waals surface area contributed by atoms with Crippen LogP contribution in [-0.2, 0) is 23.9 Å². The van der Waals surface area contributed by atoms with Crippen molar-refractivity contribution in [3.8, 4) is 0 Å². The predicted octanol–water partition coefficient (Wildman–Crippen LogP) is -2.12. The fourth-order valence-electron chi connectivity index (χ4n) is 1.30. The summed E-state index contributed by atoms with van der Waals surface area (Å²) in [6, 6.07) is -1.88. The smallest absolute Gasteiger partial charge is 0.322 e. The molecule has 9 nitrogen and oxygen atoms in total. The quantitative estimate of drug-likeness (QED) is 0.241. The highest BCUT2D eigenvalue weighted by atomic mass is 32.1. The summed E-state index contributed by atoms with van der Waals surface area (Å²) in [6.45, 7) is -0.549. The highest BCUT2D eigenvalue weighted by Crippen LogP contribution is 1.98. The second kappa shape index (κ2) is 10.00. The van der Waals surface area contributed by atoms with Gasteiger partial charge in [0.05, 0.1) is 7.11 Å². The zero-order chi connectivity index (χ0) is 16.4. The van der Waals surface area contributed by atoms with Crippen LogP contribution >= 0.6 is 12.6 Å². The van der Waals surface area contributed by atoms with Crippen molar-refractivity contribution >= 4 is 36.4 Å². The lowest BCUT2D eigenvalue weighted by molar-refractivity contribution is -0.142. The van der Waals surface area contributed by atoms with Crippen LogP contribution in [0.25, 0.3) is 0 Å². The molecule has 21 heavy (non-hydrogen) atoms. The number of rotatable bonds is 9. The van der Waals surface area contributed by atoms with Crippen molar-refractivity contribution in [1.82, 2.24) is 10.6 Å². The first-order valence-electron chi connectivity index (χ1n) is 6.05. The second-order valence-electron chi connectivity index (χ2n) is 4.08. The maximum Gasteiger partial charge on any atom is 0.322 e. The van der Waals surface area contributed by atoms with Crippen LogP contribution in [0.5, 0.6) is 0 Å². The molecule has 0 spiro atoms. The number of ether oxygens (including phenoxy) is 1. The van der Waals surface area contributed by atoms with Crippen LogP contribution in [-0.4, -0.2) is 60.4 Å². The van der Waals surface area contributed by atoms with Crippen molar-refractivity contribution in [2.24, 2.45) is 5.73 Å². The summed E-state index contributed by atoms with van der Waals surface area (Å²) in [5.41, 5.74) is 5.47. The Morgan fingerprint density at radius 3 is 2.43 bits per heavy atom. The SMILES string of the molecule is COC(=O)C(N)CCC(=O)NC(CS)C(=O)NCC(=O)O. The summed E-state index contributed by atoms with van der Waals surface area (Å²) in [4.78, 5) is 44.6. The minimum absolute atomic E-state index is 0.000246. The Kier molecular flexibility index (Phi) is 9.13. The third-order valence-electron chi connectivity index (χ3n) is 2.43. The first-order valence-corrected chi connectivity index (χ1v) is 6.68. The molecule has 0 rings (SSSR count). The van der Waals surface area contributed by atoms with Crippen molar-refractivity contribution < 1.29 is 29.0 Å². The molecule has 0 bridgehead atoms. The Morgan fingerprint density at radius 1 is 1.33 bits per heavy atom. The summed E-state index contributed by atoms with van der Waals surface area (Å²) in [5, 5.41) is 12.9. The molecular formula is C11H19N3O6S. The van der Waals surface area contributed by atoms with Crippen LogP contribution in [0.15, 0.2) is 0 Å². The Hall–Kier alpha value is -1.81. The molecule has 0 saturated heterocycles. The lowest BCUT2D eigenvalue weighted by Gasteiger charge is -2.16. The van der Waals surface area contributed by atoms with E-state index in [4.69, 9.17) is 10.8 Å². The fraction of sp³-hybridized carbons (Fsp3) is 0.636. The van der Waals surface area contributed by atoms with E-state index in [1.54, 1.807) is 0 Å². The Labute approximate surface area is 127 Å². The van der Waals surface area contributed by atoms with E-state index >= 15 is 0 Å². The average molecular weight is 321 g/mol. The number of hydrogen-bond acceptors (Lipinski definition) is 7. The summed E-state index contributed by atoms with van der Waals surface area (Å²) in [6.07, 6.45) is -0.0126. The monoisotopic (exact) mass is 321 g/mol. The topological polar surface area (TPSA) is 148 Å². The highest BCUT2D eigenvalue weighted by Gasteiger charge is 2.21. The number of aliphatic carboxylic acids is 1. The number of nitrogens with two attached hydrogens (primary N) is 1. The number of methoxy groups -OCH3 is 1. The number of hydrogen-bond donors (Lipinski definition) is 5. The van der Waals surface area contributed by atoms with Crippen LogP contribution in [0.3, 0.4) is 0 Å². The number of nitrogens with one attached hydrogen (secondary N) is 2. The summed E-state index contributed by atoms with van der Waals surface area (Å²) >= 11 is 3.91. The number of esters is 1. The van der Waals surface area contributed by atoms with E-state index < -0.39 is 42.4 Å². The normalized spacial score (nSPS) is 12.9. The van der Waals surface area contributed by atoms with E-state index in [9.17, 15) is 19.2 Å². The lowest BCUT2D eigenvalue weighted by Crippen LogP contribution is -2.49. The highest BCUT2D eigenvalue weighted by molar-refractivity contribution is 7.80. The van der Waals surface area contributed by atoms with Crippen LogP contribution in [0.2, 0.25) is 0 Å². The molecule has 2 unspecified atom stereocenters. The van der Waals surface area contributed by atoms with Crippen molar-refractivity contribution in [3.63, 3.8) is 0 Å². The number of carboxylic acids is 1. The first kappa shape index (κ1) is 19.2. The zero-order valence-electron chi connectivity index (χ0n) is 11.5. The molecule has 0 fully saturated rings. The molecule has 0 aromatic rings. The second-order valence-corrected chi connectivity index (χ2v) is 4.45. The molecule has 0 heterocycles. The first-order chi connectivity index (χ1) is 9.81. The molecule has 10 heteroatoms. The minimum atomic E-state index is -1.20. The minimum Gasteiger partial charge on any atom is -0.480 e. The lowest BCUT2D eigenvalue weighted by atomic mass is 10.1. The van der Waals surface area contributed by atoms with Gasteiger partial charge in [0.15, 0.2) is 0 Å². The van der Waals surface area contributed by atoms with Gasteiger partial charge in [0.2, 0.25) is 11.8 Å². The van der Waals surface area contributed by atoms with Gasteiger partial charge < -0.3 is 26.2 Å². The van der Waals surface area contributed by atoms with Crippen LogP contribution < -0.4 is 16.4 Å². The van der Waals surface area contributed by atoms with Gasteiger partial charge in [-0.1, -0.05) is 0 Å². The fourth-order valence-corrected chi connectivity index (χ4v) is 1.56. The molecule has 0 aliphatic carbocycles. The summed E-state index contributed by atoms with van der Waals surface area (Å²) in [7, 11) is 1.19. The van der Waals surface area contributed by atoms with Crippen molar-refractivity contribution in [3.05, 3.63) is 0 Å². The van der Waals surface area contributed by atoms with Gasteiger partial charge in [-0.25, -0.2) is 0 Å². The van der Waals surface area contributed by atoms with E-state index in [-0.39, 0.29) is 18.6 Å². The zero-order valence-corrected chi connectivity index (χ0v) is 12.4. The molecular weight excluding hydrogens is 302 g/mol. The van der Waals surface area contributed by atoms with Gasteiger partial charge in [0, 0.05) is 12.2 Å². The maximum absolute atomic E-state index is 11.6. The summed E-state index contributed by atoms with van der Waals surface area (Å²) < 4.78 is 4.41. The van der Waals surface area contributed by atoms with Gasteiger partial charge in [-0.3, -0.25) is 19.2 Å². The molecule has 120 valence electrons. The number of carboxylic acid groups (broad SMARTS) is 1. The molecule has 2 atom stereocenters. The van der Waals surface area contributed by atoms with E-state index in [0.29, 0.717) is 0 Å². The van der Waals surface area contributed by atoms with Crippen molar-refractivity contribution in [2.45, 2.75) is 24.9 Å². The molecule has 0 saturated carbocycles. The molecule has 0 aromatic heterocycles. The van der Waals surface area contributed by atoms with Gasteiger partial charge >= 0.3 is 11.9 Å². The van der Waals surface area contributed by atoms with Crippen LogP contribution in [0.4, 0.5) is 0 Å². The van der Waals surface area contributed by atoms with E-state index in [1.165, 1.54) is 7.11 Å².